The minimum Gasteiger partial charge on any atom is -0.458 e. The molecule has 15 heavy (non-hydrogen) atoms. The van der Waals surface area contributed by atoms with Gasteiger partial charge >= 0.3 is 11.9 Å². The molecule has 0 aromatic heterocycles. The van der Waals surface area contributed by atoms with Crippen molar-refractivity contribution in [3.8, 4) is 0 Å². The van der Waals surface area contributed by atoms with Crippen molar-refractivity contribution in [3.63, 3.8) is 0 Å². The number of esters is 2. The number of hydrogen-bond donors (Lipinski definition) is 0. The molecule has 0 saturated heterocycles. The highest BCUT2D eigenvalue weighted by molar-refractivity contribution is 6.03. The molecule has 0 amide bonds. The van der Waals surface area contributed by atoms with Crippen molar-refractivity contribution < 1.29 is 19.1 Å². The highest BCUT2D eigenvalue weighted by Crippen LogP contribution is 2.22. The molecule has 4 heteroatoms. The van der Waals surface area contributed by atoms with Gasteiger partial charge in [0.05, 0.1) is 17.4 Å². The SMILES string of the molecule is O=C1OC/C=C\OC(=O)C2=C1C=CCC2. The molecule has 0 fully saturated rings. The third-order valence-electron chi connectivity index (χ3n) is 2.22. The van der Waals surface area contributed by atoms with Crippen LogP contribution in [0.15, 0.2) is 35.6 Å². The van der Waals surface area contributed by atoms with E-state index in [0.29, 0.717) is 17.6 Å². The molecular formula is C11H10O4. The maximum absolute atomic E-state index is 11.5. The molecule has 0 radical (unpaired) electrons. The summed E-state index contributed by atoms with van der Waals surface area (Å²) in [7, 11) is 0. The van der Waals surface area contributed by atoms with Gasteiger partial charge in [0.1, 0.15) is 6.61 Å². The molecule has 1 heterocycles. The third-order valence-corrected chi connectivity index (χ3v) is 2.22. The summed E-state index contributed by atoms with van der Waals surface area (Å²) in [5, 5.41) is 0. The van der Waals surface area contributed by atoms with Gasteiger partial charge in [-0.3, -0.25) is 0 Å². The topological polar surface area (TPSA) is 52.6 Å². The molecule has 0 saturated carbocycles. The lowest BCUT2D eigenvalue weighted by Crippen LogP contribution is -2.15. The first-order valence-corrected chi connectivity index (χ1v) is 4.72. The van der Waals surface area contributed by atoms with Gasteiger partial charge in [0, 0.05) is 0 Å². The largest absolute Gasteiger partial charge is 0.458 e. The Labute approximate surface area is 86.9 Å². The lowest BCUT2D eigenvalue weighted by Gasteiger charge is -2.11. The molecular weight excluding hydrogens is 196 g/mol. The van der Waals surface area contributed by atoms with Crippen LogP contribution in [-0.2, 0) is 19.1 Å². The Bertz CT molecular complexity index is 387. The molecule has 2 rings (SSSR count). The van der Waals surface area contributed by atoms with E-state index in [2.05, 4.69) is 0 Å². The van der Waals surface area contributed by atoms with Crippen LogP contribution in [-0.4, -0.2) is 18.5 Å². The second-order valence-electron chi connectivity index (χ2n) is 3.21. The molecule has 2 aliphatic rings. The second kappa shape index (κ2) is 4.13. The van der Waals surface area contributed by atoms with E-state index in [1.807, 2.05) is 6.08 Å². The van der Waals surface area contributed by atoms with Crippen LogP contribution in [0.3, 0.4) is 0 Å². The second-order valence-corrected chi connectivity index (χ2v) is 3.21. The van der Waals surface area contributed by atoms with Crippen molar-refractivity contribution in [3.05, 3.63) is 35.6 Å². The van der Waals surface area contributed by atoms with Gasteiger partial charge in [-0.2, -0.15) is 0 Å². The molecule has 1 aliphatic carbocycles. The summed E-state index contributed by atoms with van der Waals surface area (Å²) in [4.78, 5) is 23.1. The summed E-state index contributed by atoms with van der Waals surface area (Å²) in [5.74, 6) is -0.936. The lowest BCUT2D eigenvalue weighted by molar-refractivity contribution is -0.138. The van der Waals surface area contributed by atoms with Gasteiger partial charge in [-0.15, -0.1) is 0 Å². The zero-order valence-corrected chi connectivity index (χ0v) is 8.06. The van der Waals surface area contributed by atoms with Gasteiger partial charge in [-0.1, -0.05) is 12.2 Å². The fourth-order valence-corrected chi connectivity index (χ4v) is 1.49. The number of hydrogen-bond acceptors (Lipinski definition) is 4. The van der Waals surface area contributed by atoms with E-state index in [4.69, 9.17) is 9.47 Å². The summed E-state index contributed by atoms with van der Waals surface area (Å²) in [6, 6.07) is 0. The van der Waals surface area contributed by atoms with Gasteiger partial charge < -0.3 is 9.47 Å². The average molecular weight is 206 g/mol. The molecule has 0 aromatic rings. The molecule has 1 aliphatic heterocycles. The first-order chi connectivity index (χ1) is 7.29. The Morgan fingerprint density at radius 2 is 2.00 bits per heavy atom. The first-order valence-electron chi connectivity index (χ1n) is 4.72. The number of cyclic esters (lactones) is 2. The van der Waals surface area contributed by atoms with E-state index in [1.165, 1.54) is 12.3 Å². The van der Waals surface area contributed by atoms with Gasteiger partial charge in [0.25, 0.3) is 0 Å². The standard InChI is InChI=1S/C11H10O4/c12-10-8-4-1-2-5-9(8)11(13)15-7-3-6-14-10/h1,3-4,7H,2,5-6H2/b7-3-. The predicted molar refractivity (Wildman–Crippen MR) is 51.6 cm³/mol. The van der Waals surface area contributed by atoms with Crippen molar-refractivity contribution in [1.82, 2.24) is 0 Å². The first kappa shape index (κ1) is 9.71. The van der Waals surface area contributed by atoms with Gasteiger partial charge in [-0.05, 0) is 18.9 Å². The lowest BCUT2D eigenvalue weighted by atomic mass is 9.98. The Morgan fingerprint density at radius 1 is 1.13 bits per heavy atom. The van der Waals surface area contributed by atoms with Gasteiger partial charge in [0.2, 0.25) is 0 Å². The summed E-state index contributed by atoms with van der Waals surface area (Å²) in [6.45, 7) is 0.122. The van der Waals surface area contributed by atoms with E-state index < -0.39 is 11.9 Å². The number of allylic oxidation sites excluding steroid dienone is 1. The Kier molecular flexibility index (Phi) is 2.67. The zero-order valence-electron chi connectivity index (χ0n) is 8.06. The Morgan fingerprint density at radius 3 is 2.87 bits per heavy atom. The molecule has 78 valence electrons. The third kappa shape index (κ3) is 1.98. The van der Waals surface area contributed by atoms with Gasteiger partial charge in [0.15, 0.2) is 0 Å². The van der Waals surface area contributed by atoms with Crippen LogP contribution in [0.4, 0.5) is 0 Å². The normalized spacial score (nSPS) is 23.2. The van der Waals surface area contributed by atoms with E-state index in [0.717, 1.165) is 6.42 Å². The summed E-state index contributed by atoms with van der Waals surface area (Å²) < 4.78 is 9.75. The maximum atomic E-state index is 11.5. The average Bonchev–Trinajstić information content (AvgIpc) is 2.33. The highest BCUT2D eigenvalue weighted by Gasteiger charge is 2.23. The van der Waals surface area contributed by atoms with Gasteiger partial charge in [-0.25, -0.2) is 9.59 Å². The van der Waals surface area contributed by atoms with E-state index in [1.54, 1.807) is 6.08 Å². The van der Waals surface area contributed by atoms with Crippen LogP contribution >= 0.6 is 0 Å². The highest BCUT2D eigenvalue weighted by atomic mass is 16.5. The number of carbonyl (C=O) groups excluding carboxylic acids is 2. The van der Waals surface area contributed by atoms with Crippen LogP contribution in [0, 0.1) is 0 Å². The van der Waals surface area contributed by atoms with E-state index >= 15 is 0 Å². The molecule has 0 atom stereocenters. The fourth-order valence-electron chi connectivity index (χ4n) is 1.49. The maximum Gasteiger partial charge on any atom is 0.339 e. The van der Waals surface area contributed by atoms with Crippen LogP contribution in [0.2, 0.25) is 0 Å². The molecule has 0 N–H and O–H groups in total. The summed E-state index contributed by atoms with van der Waals surface area (Å²) in [5.41, 5.74) is 0.712. The fraction of sp³-hybridized carbons (Fsp3) is 0.273. The van der Waals surface area contributed by atoms with Crippen molar-refractivity contribution in [1.29, 1.82) is 0 Å². The van der Waals surface area contributed by atoms with E-state index in [-0.39, 0.29) is 6.61 Å². The van der Waals surface area contributed by atoms with Crippen molar-refractivity contribution in [2.75, 3.05) is 6.61 Å². The molecule has 0 spiro atoms. The van der Waals surface area contributed by atoms with Crippen molar-refractivity contribution in [2.45, 2.75) is 12.8 Å². The number of carbonyl (C=O) groups is 2. The Balaban J connectivity index is 2.39. The Hall–Kier alpha value is -1.84. The number of rotatable bonds is 0. The smallest absolute Gasteiger partial charge is 0.339 e. The zero-order chi connectivity index (χ0) is 10.7. The van der Waals surface area contributed by atoms with Crippen LogP contribution < -0.4 is 0 Å². The van der Waals surface area contributed by atoms with Crippen LogP contribution in [0.1, 0.15) is 12.8 Å². The minimum absolute atomic E-state index is 0.122. The minimum atomic E-state index is -0.468. The summed E-state index contributed by atoms with van der Waals surface area (Å²) in [6.07, 6.45) is 7.47. The summed E-state index contributed by atoms with van der Waals surface area (Å²) >= 11 is 0. The quantitative estimate of drug-likeness (QED) is 0.560. The molecule has 4 nitrogen and oxygen atoms in total. The van der Waals surface area contributed by atoms with Crippen LogP contribution in [0.5, 0.6) is 0 Å². The predicted octanol–water partition coefficient (Wildman–Crippen LogP) is 1.25. The van der Waals surface area contributed by atoms with Crippen molar-refractivity contribution >= 4 is 11.9 Å². The van der Waals surface area contributed by atoms with E-state index in [9.17, 15) is 9.59 Å². The molecule has 0 aromatic carbocycles. The number of ether oxygens (including phenoxy) is 2. The molecule has 0 unspecified atom stereocenters. The monoisotopic (exact) mass is 206 g/mol. The molecule has 0 bridgehead atoms. The van der Waals surface area contributed by atoms with Crippen LogP contribution in [0.25, 0.3) is 0 Å². The van der Waals surface area contributed by atoms with Crippen molar-refractivity contribution in [2.24, 2.45) is 0 Å².